The molecule has 0 atom stereocenters. The quantitative estimate of drug-likeness (QED) is 0.517. The standard InChI is InChI=1S/C23H18N4O3/c28-23-17(10-22-24-8-9-25-22)15-30-21-11-19(6-7-20(21)23)29-14-16-12-26-27(13-16)18-4-2-1-3-5-18/h1-13H,14-15H2,(H,24,25)/b17-10+. The minimum absolute atomic E-state index is 0.0664. The van der Waals surface area contributed by atoms with Crippen molar-refractivity contribution in [3.8, 4) is 17.2 Å². The molecule has 1 N–H and O–H groups in total. The van der Waals surface area contributed by atoms with Crippen molar-refractivity contribution in [1.82, 2.24) is 19.7 Å². The van der Waals surface area contributed by atoms with E-state index in [2.05, 4.69) is 15.1 Å². The molecule has 0 fully saturated rings. The number of aromatic nitrogens is 4. The number of carbonyl (C=O) groups is 1. The normalized spacial score (nSPS) is 14.4. The Morgan fingerprint density at radius 1 is 1.20 bits per heavy atom. The minimum Gasteiger partial charge on any atom is -0.489 e. The van der Waals surface area contributed by atoms with Crippen LogP contribution >= 0.6 is 0 Å². The van der Waals surface area contributed by atoms with Crippen molar-refractivity contribution in [1.29, 1.82) is 0 Å². The number of hydrogen-bond acceptors (Lipinski definition) is 5. The first kappa shape index (κ1) is 17.9. The summed E-state index contributed by atoms with van der Waals surface area (Å²) in [5, 5.41) is 4.37. The van der Waals surface area contributed by atoms with E-state index in [1.54, 1.807) is 47.5 Å². The molecular formula is C23H18N4O3. The van der Waals surface area contributed by atoms with Crippen LogP contribution in [0, 0.1) is 0 Å². The fourth-order valence-electron chi connectivity index (χ4n) is 3.25. The van der Waals surface area contributed by atoms with Gasteiger partial charge in [-0.05, 0) is 30.3 Å². The maximum Gasteiger partial charge on any atom is 0.196 e. The molecule has 0 unspecified atom stereocenters. The Labute approximate surface area is 172 Å². The zero-order chi connectivity index (χ0) is 20.3. The van der Waals surface area contributed by atoms with Gasteiger partial charge in [-0.1, -0.05) is 18.2 Å². The summed E-state index contributed by atoms with van der Waals surface area (Å²) in [6, 6.07) is 15.1. The van der Waals surface area contributed by atoms with Gasteiger partial charge in [0.2, 0.25) is 0 Å². The van der Waals surface area contributed by atoms with Crippen LogP contribution in [0.4, 0.5) is 0 Å². The lowest BCUT2D eigenvalue weighted by atomic mass is 10.00. The molecular weight excluding hydrogens is 380 g/mol. The molecule has 0 amide bonds. The van der Waals surface area contributed by atoms with E-state index in [4.69, 9.17) is 9.47 Å². The summed E-state index contributed by atoms with van der Waals surface area (Å²) in [7, 11) is 0. The first-order valence-corrected chi connectivity index (χ1v) is 9.49. The van der Waals surface area contributed by atoms with E-state index in [0.29, 0.717) is 35.1 Å². The SMILES string of the molecule is O=C1/C(=C/c2ncc[nH]2)COc2cc(OCc3cnn(-c4ccccc4)c3)ccc21. The topological polar surface area (TPSA) is 82.0 Å². The Bertz CT molecular complexity index is 1210. The van der Waals surface area contributed by atoms with Gasteiger partial charge in [-0.2, -0.15) is 5.10 Å². The number of ether oxygens (including phenoxy) is 2. The largest absolute Gasteiger partial charge is 0.489 e. The van der Waals surface area contributed by atoms with Gasteiger partial charge in [0.1, 0.15) is 30.5 Å². The number of imidazole rings is 1. The molecule has 2 aromatic carbocycles. The summed E-state index contributed by atoms with van der Waals surface area (Å²) in [5.74, 6) is 1.71. The number of para-hydroxylation sites is 1. The summed E-state index contributed by atoms with van der Waals surface area (Å²) < 4.78 is 13.5. The first-order valence-electron chi connectivity index (χ1n) is 9.49. The van der Waals surface area contributed by atoms with Gasteiger partial charge in [-0.15, -0.1) is 0 Å². The van der Waals surface area contributed by atoms with Gasteiger partial charge in [0.25, 0.3) is 0 Å². The van der Waals surface area contributed by atoms with Gasteiger partial charge >= 0.3 is 0 Å². The van der Waals surface area contributed by atoms with Crippen LogP contribution in [0.2, 0.25) is 0 Å². The molecule has 1 aliphatic heterocycles. The number of hydrogen-bond donors (Lipinski definition) is 1. The van der Waals surface area contributed by atoms with Crippen LogP contribution < -0.4 is 9.47 Å². The number of nitrogens with zero attached hydrogens (tertiary/aromatic N) is 3. The van der Waals surface area contributed by atoms with E-state index in [-0.39, 0.29) is 12.4 Å². The highest BCUT2D eigenvalue weighted by atomic mass is 16.5. The first-order chi connectivity index (χ1) is 14.8. The summed E-state index contributed by atoms with van der Waals surface area (Å²) in [4.78, 5) is 19.8. The predicted molar refractivity (Wildman–Crippen MR) is 111 cm³/mol. The van der Waals surface area contributed by atoms with Gasteiger partial charge in [0.15, 0.2) is 5.78 Å². The predicted octanol–water partition coefficient (Wildman–Crippen LogP) is 3.83. The average molecular weight is 398 g/mol. The van der Waals surface area contributed by atoms with Crippen molar-refractivity contribution in [3.05, 3.63) is 95.8 Å². The fraction of sp³-hybridized carbons (Fsp3) is 0.0870. The lowest BCUT2D eigenvalue weighted by Gasteiger charge is -2.19. The Balaban J connectivity index is 1.28. The third kappa shape index (κ3) is 3.60. The molecule has 0 aliphatic carbocycles. The average Bonchev–Trinajstić information content (AvgIpc) is 3.47. The Morgan fingerprint density at radius 3 is 2.93 bits per heavy atom. The number of ketones is 1. The zero-order valence-electron chi connectivity index (χ0n) is 16.0. The van der Waals surface area contributed by atoms with Crippen LogP contribution in [-0.4, -0.2) is 32.1 Å². The zero-order valence-corrected chi connectivity index (χ0v) is 16.0. The van der Waals surface area contributed by atoms with Crippen molar-refractivity contribution in [2.75, 3.05) is 6.61 Å². The molecule has 2 aromatic heterocycles. The highest BCUT2D eigenvalue weighted by molar-refractivity contribution is 6.13. The third-order valence-corrected chi connectivity index (χ3v) is 4.77. The van der Waals surface area contributed by atoms with Crippen LogP contribution in [0.1, 0.15) is 21.7 Å². The van der Waals surface area contributed by atoms with E-state index in [0.717, 1.165) is 11.3 Å². The van der Waals surface area contributed by atoms with Crippen LogP contribution in [0.5, 0.6) is 11.5 Å². The van der Waals surface area contributed by atoms with E-state index in [9.17, 15) is 4.79 Å². The molecule has 1 aliphatic rings. The summed E-state index contributed by atoms with van der Waals surface area (Å²) in [5.41, 5.74) is 3.00. The van der Waals surface area contributed by atoms with Gasteiger partial charge in [0.05, 0.1) is 17.4 Å². The number of nitrogens with one attached hydrogen (secondary N) is 1. The molecule has 7 heteroatoms. The van der Waals surface area contributed by atoms with Gasteiger partial charge in [-0.25, -0.2) is 9.67 Å². The number of benzene rings is 2. The van der Waals surface area contributed by atoms with Gasteiger partial charge < -0.3 is 14.5 Å². The van der Waals surface area contributed by atoms with E-state index in [1.807, 2.05) is 36.5 Å². The highest BCUT2D eigenvalue weighted by Crippen LogP contribution is 2.31. The molecule has 0 bridgehead atoms. The fourth-order valence-corrected chi connectivity index (χ4v) is 3.25. The third-order valence-electron chi connectivity index (χ3n) is 4.77. The van der Waals surface area contributed by atoms with E-state index in [1.165, 1.54) is 0 Å². The molecule has 4 aromatic rings. The molecule has 3 heterocycles. The van der Waals surface area contributed by atoms with Crippen molar-refractivity contribution in [2.24, 2.45) is 0 Å². The Kier molecular flexibility index (Phi) is 4.61. The second-order valence-corrected chi connectivity index (χ2v) is 6.84. The maximum atomic E-state index is 12.7. The summed E-state index contributed by atoms with van der Waals surface area (Å²) >= 11 is 0. The summed E-state index contributed by atoms with van der Waals surface area (Å²) in [6.45, 7) is 0.559. The number of aromatic amines is 1. The second kappa shape index (κ2) is 7.71. The van der Waals surface area contributed by atoms with Crippen molar-refractivity contribution in [2.45, 2.75) is 6.61 Å². The van der Waals surface area contributed by atoms with Gasteiger partial charge in [0, 0.05) is 35.8 Å². The van der Waals surface area contributed by atoms with Crippen LogP contribution in [0.15, 0.2) is 78.9 Å². The smallest absolute Gasteiger partial charge is 0.196 e. The van der Waals surface area contributed by atoms with Crippen LogP contribution in [0.25, 0.3) is 11.8 Å². The van der Waals surface area contributed by atoms with E-state index < -0.39 is 0 Å². The molecule has 7 nitrogen and oxygen atoms in total. The Hall–Kier alpha value is -4.13. The molecule has 0 saturated carbocycles. The van der Waals surface area contributed by atoms with Crippen LogP contribution in [-0.2, 0) is 6.61 Å². The molecule has 148 valence electrons. The Morgan fingerprint density at radius 2 is 2.10 bits per heavy atom. The van der Waals surface area contributed by atoms with Crippen molar-refractivity contribution in [3.63, 3.8) is 0 Å². The van der Waals surface area contributed by atoms with Gasteiger partial charge in [-0.3, -0.25) is 4.79 Å². The highest BCUT2D eigenvalue weighted by Gasteiger charge is 2.24. The number of fused-ring (bicyclic) bond motifs is 1. The van der Waals surface area contributed by atoms with Crippen molar-refractivity contribution < 1.29 is 14.3 Å². The van der Waals surface area contributed by atoms with Crippen molar-refractivity contribution >= 4 is 11.9 Å². The second-order valence-electron chi connectivity index (χ2n) is 6.84. The molecule has 0 spiro atoms. The van der Waals surface area contributed by atoms with Crippen LogP contribution in [0.3, 0.4) is 0 Å². The lowest BCUT2D eigenvalue weighted by molar-refractivity contribution is 0.100. The molecule has 0 saturated heterocycles. The number of rotatable bonds is 5. The number of carbonyl (C=O) groups excluding carboxylic acids is 1. The van der Waals surface area contributed by atoms with E-state index >= 15 is 0 Å². The molecule has 5 rings (SSSR count). The molecule has 30 heavy (non-hydrogen) atoms. The molecule has 0 radical (unpaired) electrons. The maximum absolute atomic E-state index is 12.7. The number of Topliss-reactive ketones (excluding diaryl/α,β-unsaturated/α-hetero) is 1. The number of H-pyrrole nitrogens is 1. The summed E-state index contributed by atoms with van der Waals surface area (Å²) in [6.07, 6.45) is 8.76. The monoisotopic (exact) mass is 398 g/mol. The lowest BCUT2D eigenvalue weighted by Crippen LogP contribution is -2.19. The minimum atomic E-state index is -0.0664.